The van der Waals surface area contributed by atoms with E-state index in [0.29, 0.717) is 50.6 Å². The van der Waals surface area contributed by atoms with Gasteiger partial charge in [0.1, 0.15) is 35.9 Å². The summed E-state index contributed by atoms with van der Waals surface area (Å²) >= 11 is 3.43. The molecule has 0 fully saturated rings. The standard InChI is InChI=1S/C14H20BNO5.C14H18BrNO3/c1-14(2,3)21-13(17)16-6-7-20-12-5-4-11(15(18)19)8-10(12)9-16;1-14(2,3)19-13(17)16-6-7-18-12-5-4-11(15)8-10(12)9-16/h4-5,8,18-19H,6-7,9H2,1-3H3;4-5,8H,6-7,9H2,1-3H3. The van der Waals surface area contributed by atoms with Gasteiger partial charge in [0.25, 0.3) is 0 Å². The summed E-state index contributed by atoms with van der Waals surface area (Å²) in [6.07, 6.45) is -0.710. The van der Waals surface area contributed by atoms with E-state index in [1.165, 1.54) is 0 Å². The molecule has 40 heavy (non-hydrogen) atoms. The summed E-state index contributed by atoms with van der Waals surface area (Å²) in [4.78, 5) is 27.5. The number of amides is 2. The van der Waals surface area contributed by atoms with Gasteiger partial charge in [0.15, 0.2) is 0 Å². The van der Waals surface area contributed by atoms with Crippen LogP contribution in [0.25, 0.3) is 0 Å². The van der Waals surface area contributed by atoms with Crippen LogP contribution in [0.4, 0.5) is 9.59 Å². The van der Waals surface area contributed by atoms with Gasteiger partial charge in [0, 0.05) is 15.6 Å². The second kappa shape index (κ2) is 13.1. The Morgan fingerprint density at radius 2 is 1.25 bits per heavy atom. The van der Waals surface area contributed by atoms with E-state index in [9.17, 15) is 19.6 Å². The summed E-state index contributed by atoms with van der Waals surface area (Å²) in [5, 5.41) is 18.5. The first-order valence-corrected chi connectivity index (χ1v) is 13.9. The lowest BCUT2D eigenvalue weighted by Gasteiger charge is -2.26. The number of hydrogen-bond acceptors (Lipinski definition) is 8. The van der Waals surface area contributed by atoms with Crippen molar-refractivity contribution in [3.8, 4) is 11.5 Å². The molecular formula is C28H38BBrN2O8. The van der Waals surface area contributed by atoms with E-state index in [1.807, 2.05) is 59.7 Å². The zero-order valence-electron chi connectivity index (χ0n) is 23.9. The first-order chi connectivity index (χ1) is 18.6. The molecule has 218 valence electrons. The Labute approximate surface area is 244 Å². The molecule has 2 aliphatic rings. The molecule has 0 saturated heterocycles. The number of fused-ring (bicyclic) bond motifs is 2. The van der Waals surface area contributed by atoms with Crippen LogP contribution in [-0.2, 0) is 22.6 Å². The van der Waals surface area contributed by atoms with Crippen LogP contribution in [0.1, 0.15) is 52.7 Å². The van der Waals surface area contributed by atoms with E-state index in [-0.39, 0.29) is 6.09 Å². The maximum Gasteiger partial charge on any atom is 0.488 e. The zero-order chi connectivity index (χ0) is 29.7. The molecule has 2 amide bonds. The minimum absolute atomic E-state index is 0.302. The summed E-state index contributed by atoms with van der Waals surface area (Å²) in [5.41, 5.74) is 1.03. The molecule has 0 radical (unpaired) electrons. The lowest BCUT2D eigenvalue weighted by atomic mass is 9.79. The van der Waals surface area contributed by atoms with Crippen LogP contribution in [-0.4, -0.2) is 76.7 Å². The molecule has 0 saturated carbocycles. The number of hydrogen-bond donors (Lipinski definition) is 2. The van der Waals surface area contributed by atoms with Crippen molar-refractivity contribution in [2.24, 2.45) is 0 Å². The molecule has 0 aliphatic carbocycles. The minimum atomic E-state index is -1.55. The topological polar surface area (TPSA) is 118 Å². The fourth-order valence-corrected chi connectivity index (χ4v) is 4.31. The molecule has 0 atom stereocenters. The van der Waals surface area contributed by atoms with Crippen LogP contribution in [0.15, 0.2) is 40.9 Å². The molecule has 2 aromatic carbocycles. The minimum Gasteiger partial charge on any atom is -0.491 e. The van der Waals surface area contributed by atoms with Crippen LogP contribution < -0.4 is 14.9 Å². The van der Waals surface area contributed by atoms with Gasteiger partial charge in [-0.3, -0.25) is 0 Å². The number of carbonyl (C=O) groups excluding carboxylic acids is 2. The van der Waals surface area contributed by atoms with Gasteiger partial charge in [-0.05, 0) is 71.3 Å². The van der Waals surface area contributed by atoms with E-state index < -0.39 is 24.4 Å². The van der Waals surface area contributed by atoms with Gasteiger partial charge in [-0.1, -0.05) is 28.1 Å². The van der Waals surface area contributed by atoms with Crippen LogP contribution in [0.3, 0.4) is 0 Å². The highest BCUT2D eigenvalue weighted by atomic mass is 79.9. The van der Waals surface area contributed by atoms with E-state index in [1.54, 1.807) is 28.0 Å². The zero-order valence-corrected chi connectivity index (χ0v) is 25.5. The molecule has 2 aliphatic heterocycles. The Hall–Kier alpha value is -2.96. The van der Waals surface area contributed by atoms with Crippen LogP contribution in [0.5, 0.6) is 11.5 Å². The molecule has 2 N–H and O–H groups in total. The van der Waals surface area contributed by atoms with Gasteiger partial charge in [-0.2, -0.15) is 0 Å². The lowest BCUT2D eigenvalue weighted by molar-refractivity contribution is 0.0216. The highest BCUT2D eigenvalue weighted by Crippen LogP contribution is 2.27. The summed E-state index contributed by atoms with van der Waals surface area (Å²) < 4.78 is 23.0. The molecule has 0 spiro atoms. The predicted octanol–water partition coefficient (Wildman–Crippen LogP) is 4.07. The largest absolute Gasteiger partial charge is 0.491 e. The number of rotatable bonds is 1. The predicted molar refractivity (Wildman–Crippen MR) is 155 cm³/mol. The summed E-state index contributed by atoms with van der Waals surface area (Å²) in [6, 6.07) is 10.7. The molecule has 10 nitrogen and oxygen atoms in total. The number of carbonyl (C=O) groups is 2. The third-order valence-corrected chi connectivity index (χ3v) is 6.16. The van der Waals surface area contributed by atoms with Crippen molar-refractivity contribution in [3.05, 3.63) is 52.0 Å². The monoisotopic (exact) mass is 620 g/mol. The SMILES string of the molecule is CC(C)(C)OC(=O)N1CCOc2ccc(B(O)O)cc2C1.CC(C)(C)OC(=O)N1CCOc2ccc(Br)cc2C1. The van der Waals surface area contributed by atoms with Gasteiger partial charge in [0.2, 0.25) is 0 Å². The van der Waals surface area contributed by atoms with Gasteiger partial charge in [-0.15, -0.1) is 0 Å². The molecule has 2 aromatic rings. The number of nitrogens with zero attached hydrogens (tertiary/aromatic N) is 2. The molecule has 0 unspecified atom stereocenters. The summed E-state index contributed by atoms with van der Waals surface area (Å²) in [6.45, 7) is 13.6. The molecule has 4 rings (SSSR count). The van der Waals surface area contributed by atoms with E-state index in [4.69, 9.17) is 18.9 Å². The Kier molecular flexibility index (Phi) is 10.4. The maximum atomic E-state index is 12.1. The fraction of sp³-hybridized carbons (Fsp3) is 0.500. The van der Waals surface area contributed by atoms with Gasteiger partial charge < -0.3 is 38.8 Å². The smallest absolute Gasteiger partial charge is 0.488 e. The number of ether oxygens (including phenoxy) is 4. The average Bonchev–Trinajstić information content (AvgIpc) is 3.17. The van der Waals surface area contributed by atoms with Crippen molar-refractivity contribution in [1.82, 2.24) is 9.80 Å². The van der Waals surface area contributed by atoms with E-state index in [0.717, 1.165) is 21.3 Å². The second-order valence-corrected chi connectivity index (χ2v) is 12.4. The van der Waals surface area contributed by atoms with Crippen molar-refractivity contribution in [3.63, 3.8) is 0 Å². The Morgan fingerprint density at radius 3 is 1.70 bits per heavy atom. The Bertz CT molecular complexity index is 1200. The van der Waals surface area contributed by atoms with E-state index in [2.05, 4.69) is 15.9 Å². The summed E-state index contributed by atoms with van der Waals surface area (Å²) in [5.74, 6) is 1.47. The van der Waals surface area contributed by atoms with Crippen molar-refractivity contribution in [1.29, 1.82) is 0 Å². The first kappa shape index (κ1) is 31.6. The third kappa shape index (κ3) is 9.60. The highest BCUT2D eigenvalue weighted by Gasteiger charge is 2.27. The quantitative estimate of drug-likeness (QED) is 0.458. The number of benzene rings is 2. The molecule has 0 bridgehead atoms. The molecule has 12 heteroatoms. The van der Waals surface area contributed by atoms with Crippen molar-refractivity contribution < 1.29 is 38.6 Å². The molecular weight excluding hydrogens is 583 g/mol. The van der Waals surface area contributed by atoms with E-state index >= 15 is 0 Å². The van der Waals surface area contributed by atoms with Crippen LogP contribution in [0.2, 0.25) is 0 Å². The first-order valence-electron chi connectivity index (χ1n) is 13.1. The number of halogens is 1. The molecule has 2 heterocycles. The van der Waals surface area contributed by atoms with Crippen molar-refractivity contribution in [2.75, 3.05) is 26.3 Å². The van der Waals surface area contributed by atoms with Crippen LogP contribution in [0, 0.1) is 0 Å². The Morgan fingerprint density at radius 1 is 0.800 bits per heavy atom. The highest BCUT2D eigenvalue weighted by molar-refractivity contribution is 9.10. The van der Waals surface area contributed by atoms with Crippen molar-refractivity contribution >= 4 is 40.7 Å². The maximum absolute atomic E-state index is 12.1. The van der Waals surface area contributed by atoms with Crippen molar-refractivity contribution in [2.45, 2.75) is 65.8 Å². The summed E-state index contributed by atoms with van der Waals surface area (Å²) in [7, 11) is -1.55. The van der Waals surface area contributed by atoms with Gasteiger partial charge in [-0.25, -0.2) is 9.59 Å². The third-order valence-electron chi connectivity index (χ3n) is 5.67. The second-order valence-electron chi connectivity index (χ2n) is 11.5. The van der Waals surface area contributed by atoms with Crippen LogP contribution >= 0.6 is 15.9 Å². The Balaban J connectivity index is 0.000000222. The van der Waals surface area contributed by atoms with Gasteiger partial charge >= 0.3 is 19.3 Å². The average molecular weight is 621 g/mol. The lowest BCUT2D eigenvalue weighted by Crippen LogP contribution is -2.37. The normalized spacial score (nSPS) is 15.0. The fourth-order valence-electron chi connectivity index (χ4n) is 3.90. The van der Waals surface area contributed by atoms with Gasteiger partial charge in [0.05, 0.1) is 26.2 Å². The molecule has 0 aromatic heterocycles.